The summed E-state index contributed by atoms with van der Waals surface area (Å²) >= 11 is 18.5. The molecule has 1 amide bonds. The van der Waals surface area contributed by atoms with E-state index in [1.807, 2.05) is 0 Å². The summed E-state index contributed by atoms with van der Waals surface area (Å²) in [6.45, 7) is 1.85. The third-order valence-electron chi connectivity index (χ3n) is 4.29. The van der Waals surface area contributed by atoms with Crippen molar-refractivity contribution in [3.63, 3.8) is 0 Å². The first kappa shape index (κ1) is 25.4. The van der Waals surface area contributed by atoms with E-state index >= 15 is 0 Å². The summed E-state index contributed by atoms with van der Waals surface area (Å²) in [5.41, 5.74) is 0.379. The van der Waals surface area contributed by atoms with Gasteiger partial charge in [0.1, 0.15) is 4.90 Å². The highest BCUT2D eigenvalue weighted by Crippen LogP contribution is 2.31. The Morgan fingerprint density at radius 3 is 2.29 bits per heavy atom. The van der Waals surface area contributed by atoms with Crippen molar-refractivity contribution in [2.24, 2.45) is 0 Å². The van der Waals surface area contributed by atoms with Gasteiger partial charge in [0.15, 0.2) is 0 Å². The smallest absolute Gasteiger partial charge is 0.308 e. The molecule has 0 aromatic heterocycles. The third kappa shape index (κ3) is 6.11. The maximum Gasteiger partial charge on any atom is 0.308 e. The number of nitrogens with one attached hydrogen (secondary N) is 1. The fraction of sp³-hybridized carbons (Fsp3) is 0.300. The Morgan fingerprint density at radius 1 is 1.06 bits per heavy atom. The van der Waals surface area contributed by atoms with E-state index in [1.165, 1.54) is 20.2 Å². The minimum Gasteiger partial charge on any atom is -0.466 e. The van der Waals surface area contributed by atoms with Gasteiger partial charge in [0.25, 0.3) is 5.91 Å². The molecule has 0 aliphatic rings. The van der Waals surface area contributed by atoms with Crippen molar-refractivity contribution >= 4 is 56.7 Å². The highest BCUT2D eigenvalue weighted by atomic mass is 35.5. The standard InChI is InChI=1S/C20H21Cl3N2O5S/c1-4-30-19(26)11-17(12-7-5-6-8-14(12)21)24-20(27)13-9-18(16(23)10-15(13)22)31(28,29)25(2)3/h5-10,17H,4,11H2,1-3H3,(H,24,27)/t17-/m0/s1. The van der Waals surface area contributed by atoms with Gasteiger partial charge in [0, 0.05) is 19.1 Å². The van der Waals surface area contributed by atoms with Gasteiger partial charge in [-0.25, -0.2) is 12.7 Å². The molecule has 2 aromatic rings. The number of nitrogens with zero attached hydrogens (tertiary/aromatic N) is 1. The van der Waals surface area contributed by atoms with Crippen LogP contribution in [0.15, 0.2) is 41.3 Å². The minimum atomic E-state index is -3.93. The summed E-state index contributed by atoms with van der Waals surface area (Å²) < 4.78 is 31.0. The molecule has 0 aliphatic heterocycles. The van der Waals surface area contributed by atoms with E-state index in [0.717, 1.165) is 10.4 Å². The summed E-state index contributed by atoms with van der Waals surface area (Å²) in [7, 11) is -1.25. The molecule has 0 aliphatic carbocycles. The molecular weight excluding hydrogens is 487 g/mol. The van der Waals surface area contributed by atoms with Crippen LogP contribution in [0.2, 0.25) is 15.1 Å². The van der Waals surface area contributed by atoms with Crippen LogP contribution in [0.4, 0.5) is 0 Å². The van der Waals surface area contributed by atoms with Crippen LogP contribution in [0.5, 0.6) is 0 Å². The largest absolute Gasteiger partial charge is 0.466 e. The second-order valence-electron chi connectivity index (χ2n) is 6.61. The van der Waals surface area contributed by atoms with Gasteiger partial charge in [-0.3, -0.25) is 9.59 Å². The second-order valence-corrected chi connectivity index (χ2v) is 9.95. The van der Waals surface area contributed by atoms with Crippen LogP contribution >= 0.6 is 34.8 Å². The molecule has 168 valence electrons. The van der Waals surface area contributed by atoms with Gasteiger partial charge in [-0.05, 0) is 30.7 Å². The molecule has 0 saturated carbocycles. The SMILES string of the molecule is CCOC(=O)C[C@H](NC(=O)c1cc(S(=O)(=O)N(C)C)c(Cl)cc1Cl)c1ccccc1Cl. The van der Waals surface area contributed by atoms with E-state index in [4.69, 9.17) is 39.5 Å². The van der Waals surface area contributed by atoms with Gasteiger partial charge >= 0.3 is 5.97 Å². The van der Waals surface area contributed by atoms with Crippen molar-refractivity contribution in [1.82, 2.24) is 9.62 Å². The molecule has 31 heavy (non-hydrogen) atoms. The molecule has 0 bridgehead atoms. The van der Waals surface area contributed by atoms with Crippen molar-refractivity contribution in [3.05, 3.63) is 62.6 Å². The lowest BCUT2D eigenvalue weighted by atomic mass is 10.0. The Hall–Kier alpha value is -1.84. The molecule has 1 N–H and O–H groups in total. The first-order chi connectivity index (χ1) is 14.5. The van der Waals surface area contributed by atoms with Crippen molar-refractivity contribution in [2.75, 3.05) is 20.7 Å². The Kier molecular flexibility index (Phi) is 8.73. The topological polar surface area (TPSA) is 92.8 Å². The van der Waals surface area contributed by atoms with Crippen LogP contribution in [-0.2, 0) is 19.6 Å². The quantitative estimate of drug-likeness (QED) is 0.537. The molecule has 0 saturated heterocycles. The van der Waals surface area contributed by atoms with Gasteiger partial charge in [-0.15, -0.1) is 0 Å². The van der Waals surface area contributed by atoms with Crippen LogP contribution in [0.3, 0.4) is 0 Å². The van der Waals surface area contributed by atoms with Gasteiger partial charge < -0.3 is 10.1 Å². The molecule has 11 heteroatoms. The molecule has 0 spiro atoms. The summed E-state index contributed by atoms with van der Waals surface area (Å²) in [5.74, 6) is -1.24. The number of hydrogen-bond acceptors (Lipinski definition) is 5. The molecule has 7 nitrogen and oxygen atoms in total. The molecule has 0 heterocycles. The second kappa shape index (κ2) is 10.7. The maximum atomic E-state index is 13.0. The fourth-order valence-electron chi connectivity index (χ4n) is 2.72. The Balaban J connectivity index is 2.46. The van der Waals surface area contributed by atoms with Crippen molar-refractivity contribution < 1.29 is 22.7 Å². The number of esters is 1. The summed E-state index contributed by atoms with van der Waals surface area (Å²) in [6.07, 6.45) is -0.183. The fourth-order valence-corrected chi connectivity index (χ4v) is 4.71. The number of benzene rings is 2. The zero-order valence-electron chi connectivity index (χ0n) is 17.0. The number of ether oxygens (including phenoxy) is 1. The number of amides is 1. The lowest BCUT2D eigenvalue weighted by molar-refractivity contribution is -0.143. The first-order valence-electron chi connectivity index (χ1n) is 9.11. The van der Waals surface area contributed by atoms with Crippen LogP contribution in [-0.4, -0.2) is 45.3 Å². The van der Waals surface area contributed by atoms with E-state index in [2.05, 4.69) is 5.32 Å². The minimum absolute atomic E-state index is 0.0470. The van der Waals surface area contributed by atoms with Gasteiger partial charge in [-0.2, -0.15) is 0 Å². The Bertz CT molecular complexity index is 1090. The van der Waals surface area contributed by atoms with Crippen LogP contribution in [0.1, 0.15) is 35.3 Å². The average molecular weight is 508 g/mol. The maximum absolute atomic E-state index is 13.0. The normalized spacial score (nSPS) is 12.5. The molecule has 0 unspecified atom stereocenters. The summed E-state index contributed by atoms with van der Waals surface area (Å²) in [5, 5.41) is 2.86. The highest BCUT2D eigenvalue weighted by molar-refractivity contribution is 7.89. The number of carbonyl (C=O) groups excluding carboxylic acids is 2. The number of rotatable bonds is 8. The third-order valence-corrected chi connectivity index (χ3v) is 7.22. The zero-order chi connectivity index (χ0) is 23.3. The van der Waals surface area contributed by atoms with E-state index in [1.54, 1.807) is 31.2 Å². The van der Waals surface area contributed by atoms with Gasteiger partial charge in [0.05, 0.1) is 34.7 Å². The predicted molar refractivity (Wildman–Crippen MR) is 120 cm³/mol. The molecule has 2 aromatic carbocycles. The van der Waals surface area contributed by atoms with Gasteiger partial charge in [0.2, 0.25) is 10.0 Å². The number of sulfonamides is 1. The van der Waals surface area contributed by atoms with Crippen LogP contribution in [0.25, 0.3) is 0 Å². The van der Waals surface area contributed by atoms with Crippen molar-refractivity contribution in [2.45, 2.75) is 24.3 Å². The lowest BCUT2D eigenvalue weighted by Crippen LogP contribution is -2.31. The zero-order valence-corrected chi connectivity index (χ0v) is 20.1. The number of carbonyl (C=O) groups is 2. The molecule has 1 atom stereocenters. The van der Waals surface area contributed by atoms with Crippen molar-refractivity contribution in [1.29, 1.82) is 0 Å². The Labute approximate surface area is 196 Å². The number of hydrogen-bond donors (Lipinski definition) is 1. The molecule has 0 radical (unpaired) electrons. The number of halogens is 3. The summed E-state index contributed by atoms with van der Waals surface area (Å²) in [6, 6.07) is 8.16. The van der Waals surface area contributed by atoms with Gasteiger partial charge in [-0.1, -0.05) is 53.0 Å². The van der Waals surface area contributed by atoms with E-state index in [-0.39, 0.29) is 33.5 Å². The van der Waals surface area contributed by atoms with E-state index in [9.17, 15) is 18.0 Å². The monoisotopic (exact) mass is 506 g/mol. The van der Waals surface area contributed by atoms with Crippen LogP contribution < -0.4 is 5.32 Å². The predicted octanol–water partition coefficient (Wildman–Crippen LogP) is 4.32. The van der Waals surface area contributed by atoms with Crippen LogP contribution in [0, 0.1) is 0 Å². The molecule has 2 rings (SSSR count). The Morgan fingerprint density at radius 2 is 1.71 bits per heavy atom. The molecule has 0 fully saturated rings. The lowest BCUT2D eigenvalue weighted by Gasteiger charge is -2.21. The van der Waals surface area contributed by atoms with Crippen molar-refractivity contribution in [3.8, 4) is 0 Å². The van der Waals surface area contributed by atoms with E-state index < -0.39 is 27.9 Å². The molecular formula is C20H21Cl3N2O5S. The highest BCUT2D eigenvalue weighted by Gasteiger charge is 2.27. The summed E-state index contributed by atoms with van der Waals surface area (Å²) in [4.78, 5) is 24.8. The van der Waals surface area contributed by atoms with E-state index in [0.29, 0.717) is 10.6 Å². The average Bonchev–Trinajstić information content (AvgIpc) is 2.67. The first-order valence-corrected chi connectivity index (χ1v) is 11.7.